The number of amides is 2. The van der Waals surface area contributed by atoms with E-state index in [-0.39, 0.29) is 0 Å². The lowest BCUT2D eigenvalue weighted by Gasteiger charge is -2.22. The number of aryl methyl sites for hydroxylation is 2. The molecule has 0 aliphatic carbocycles. The highest BCUT2D eigenvalue weighted by Crippen LogP contribution is 2.24. The fraction of sp³-hybridized carbons (Fsp3) is 0.222. The Hall–Kier alpha value is -2.83. The summed E-state index contributed by atoms with van der Waals surface area (Å²) in [6, 6.07) is 7.06. The Kier molecular flexibility index (Phi) is 5.46. The highest BCUT2D eigenvalue weighted by molar-refractivity contribution is 6.02. The van der Waals surface area contributed by atoms with Crippen molar-refractivity contribution in [2.24, 2.45) is 0 Å². The number of para-hydroxylation sites is 1. The summed E-state index contributed by atoms with van der Waals surface area (Å²) in [6.45, 7) is 4.18. The van der Waals surface area contributed by atoms with Crippen molar-refractivity contribution < 1.29 is 22.8 Å². The van der Waals surface area contributed by atoms with Crippen LogP contribution in [0.5, 0.6) is 0 Å². The van der Waals surface area contributed by atoms with Crippen LogP contribution >= 0.6 is 0 Å². The van der Waals surface area contributed by atoms with Gasteiger partial charge in [0, 0.05) is 12.6 Å². The van der Waals surface area contributed by atoms with E-state index in [4.69, 9.17) is 0 Å². The lowest BCUT2D eigenvalue weighted by molar-refractivity contribution is -0.120. The predicted octanol–water partition coefficient (Wildman–Crippen LogP) is 3.71. The van der Waals surface area contributed by atoms with E-state index in [1.165, 1.54) is 0 Å². The monoisotopic (exact) mass is 350 g/mol. The van der Waals surface area contributed by atoms with Crippen molar-refractivity contribution >= 4 is 23.2 Å². The summed E-state index contributed by atoms with van der Waals surface area (Å²) in [7, 11) is 0. The lowest BCUT2D eigenvalue weighted by atomic mass is 10.1. The molecule has 0 saturated carbocycles. The Bertz CT molecular complexity index is 817. The normalized spacial score (nSPS) is 10.5. The van der Waals surface area contributed by atoms with Crippen LogP contribution in [0.1, 0.15) is 18.1 Å². The van der Waals surface area contributed by atoms with Crippen LogP contribution in [-0.2, 0) is 9.59 Å². The molecule has 0 spiro atoms. The maximum atomic E-state index is 13.9. The third kappa shape index (κ3) is 3.99. The van der Waals surface area contributed by atoms with Crippen LogP contribution in [0.2, 0.25) is 0 Å². The molecule has 1 N–H and O–H groups in total. The Labute approximate surface area is 143 Å². The topological polar surface area (TPSA) is 49.4 Å². The van der Waals surface area contributed by atoms with Crippen molar-refractivity contribution in [3.8, 4) is 0 Å². The summed E-state index contributed by atoms with van der Waals surface area (Å²) >= 11 is 0. The molecule has 132 valence electrons. The molecule has 0 aromatic heterocycles. The van der Waals surface area contributed by atoms with Crippen molar-refractivity contribution in [1.29, 1.82) is 0 Å². The molecule has 0 aliphatic rings. The van der Waals surface area contributed by atoms with Crippen LogP contribution < -0.4 is 10.2 Å². The van der Waals surface area contributed by atoms with Crippen LogP contribution in [0, 0.1) is 31.3 Å². The van der Waals surface area contributed by atoms with E-state index in [1.54, 1.807) is 26.0 Å². The highest BCUT2D eigenvalue weighted by atomic mass is 19.2. The fourth-order valence-electron chi connectivity index (χ4n) is 2.42. The van der Waals surface area contributed by atoms with Gasteiger partial charge in [0.15, 0.2) is 17.5 Å². The molecule has 0 radical (unpaired) electrons. The van der Waals surface area contributed by atoms with Crippen LogP contribution in [-0.4, -0.2) is 18.4 Å². The van der Waals surface area contributed by atoms with Gasteiger partial charge in [-0.2, -0.15) is 0 Å². The first kappa shape index (κ1) is 18.5. The average molecular weight is 350 g/mol. The van der Waals surface area contributed by atoms with Crippen molar-refractivity contribution in [2.75, 3.05) is 16.8 Å². The maximum absolute atomic E-state index is 13.9. The minimum atomic E-state index is -1.70. The van der Waals surface area contributed by atoms with E-state index < -0.39 is 41.5 Å². The number of anilines is 2. The number of nitrogens with one attached hydrogen (secondary N) is 1. The van der Waals surface area contributed by atoms with E-state index >= 15 is 0 Å². The van der Waals surface area contributed by atoms with Crippen molar-refractivity contribution in [3.05, 3.63) is 58.9 Å². The molecule has 0 aliphatic heterocycles. The predicted molar refractivity (Wildman–Crippen MR) is 88.9 cm³/mol. The zero-order chi connectivity index (χ0) is 18.7. The molecule has 0 saturated heterocycles. The van der Waals surface area contributed by atoms with Gasteiger partial charge in [-0.15, -0.1) is 0 Å². The Morgan fingerprint density at radius 3 is 2.16 bits per heavy atom. The molecule has 0 bridgehead atoms. The van der Waals surface area contributed by atoms with Gasteiger partial charge in [-0.05, 0) is 37.1 Å². The minimum absolute atomic E-state index is 0.497. The number of halogens is 3. The third-order valence-electron chi connectivity index (χ3n) is 3.73. The molecule has 0 heterocycles. The van der Waals surface area contributed by atoms with Gasteiger partial charge in [0.05, 0.1) is 5.69 Å². The highest BCUT2D eigenvalue weighted by Gasteiger charge is 2.23. The second-order valence-electron chi connectivity index (χ2n) is 5.61. The van der Waals surface area contributed by atoms with Gasteiger partial charge in [0.1, 0.15) is 6.54 Å². The first-order chi connectivity index (χ1) is 11.7. The molecule has 4 nitrogen and oxygen atoms in total. The smallest absolute Gasteiger partial charge is 0.244 e. The molecular formula is C18H17F3N2O2. The average Bonchev–Trinajstić information content (AvgIpc) is 2.54. The van der Waals surface area contributed by atoms with E-state index in [2.05, 4.69) is 5.32 Å². The largest absolute Gasteiger partial charge is 0.324 e. The summed E-state index contributed by atoms with van der Waals surface area (Å²) in [5.74, 6) is -5.85. The first-order valence-corrected chi connectivity index (χ1v) is 7.50. The van der Waals surface area contributed by atoms with Crippen molar-refractivity contribution in [1.82, 2.24) is 0 Å². The van der Waals surface area contributed by atoms with Crippen molar-refractivity contribution in [2.45, 2.75) is 20.8 Å². The zero-order valence-corrected chi connectivity index (χ0v) is 14.0. The quantitative estimate of drug-likeness (QED) is 0.855. The van der Waals surface area contributed by atoms with Gasteiger partial charge in [-0.25, -0.2) is 13.2 Å². The second-order valence-corrected chi connectivity index (χ2v) is 5.61. The van der Waals surface area contributed by atoms with Crippen LogP contribution in [0.3, 0.4) is 0 Å². The Morgan fingerprint density at radius 1 is 1.00 bits per heavy atom. The zero-order valence-electron chi connectivity index (χ0n) is 14.0. The number of benzene rings is 2. The van der Waals surface area contributed by atoms with Crippen LogP contribution in [0.15, 0.2) is 30.3 Å². The lowest BCUT2D eigenvalue weighted by Crippen LogP contribution is -2.37. The Balaban J connectivity index is 2.27. The van der Waals surface area contributed by atoms with Crippen molar-refractivity contribution in [3.63, 3.8) is 0 Å². The van der Waals surface area contributed by atoms with E-state index in [0.29, 0.717) is 11.8 Å². The molecule has 2 rings (SSSR count). The summed E-state index contributed by atoms with van der Waals surface area (Å²) in [4.78, 5) is 24.8. The molecule has 0 atom stereocenters. The van der Waals surface area contributed by atoms with Gasteiger partial charge in [-0.1, -0.05) is 18.2 Å². The van der Waals surface area contributed by atoms with Crippen LogP contribution in [0.25, 0.3) is 0 Å². The molecule has 2 aromatic rings. The second kappa shape index (κ2) is 7.38. The Morgan fingerprint density at radius 2 is 1.60 bits per heavy atom. The molecule has 25 heavy (non-hydrogen) atoms. The SMILES string of the molecule is CC(=O)N(CC(=O)Nc1c(C)cccc1C)c1ccc(F)c(F)c1F. The summed E-state index contributed by atoms with van der Waals surface area (Å²) in [6.07, 6.45) is 0. The standard InChI is InChI=1S/C18H17F3N2O2/c1-10-5-4-6-11(2)18(10)22-15(25)9-23(12(3)24)14-8-7-13(19)16(20)17(14)21/h4-8H,9H2,1-3H3,(H,22,25). The molecule has 7 heteroatoms. The molecule has 0 unspecified atom stereocenters. The first-order valence-electron chi connectivity index (χ1n) is 7.50. The maximum Gasteiger partial charge on any atom is 0.244 e. The molecule has 0 fully saturated rings. The van der Waals surface area contributed by atoms with E-state index in [0.717, 1.165) is 29.0 Å². The third-order valence-corrected chi connectivity index (χ3v) is 3.73. The molecule has 2 amide bonds. The molecule has 2 aromatic carbocycles. The van der Waals surface area contributed by atoms with Gasteiger partial charge in [-0.3, -0.25) is 9.59 Å². The number of carbonyl (C=O) groups excluding carboxylic acids is 2. The summed E-state index contributed by atoms with van der Waals surface area (Å²) in [5.41, 5.74) is 1.73. The fourth-order valence-corrected chi connectivity index (χ4v) is 2.42. The minimum Gasteiger partial charge on any atom is -0.324 e. The summed E-state index contributed by atoms with van der Waals surface area (Å²) < 4.78 is 40.4. The van der Waals surface area contributed by atoms with Gasteiger partial charge >= 0.3 is 0 Å². The van der Waals surface area contributed by atoms with Gasteiger partial charge in [0.25, 0.3) is 0 Å². The molecular weight excluding hydrogens is 333 g/mol. The number of nitrogens with zero attached hydrogens (tertiary/aromatic N) is 1. The number of carbonyl (C=O) groups is 2. The van der Waals surface area contributed by atoms with E-state index in [1.807, 2.05) is 6.07 Å². The van der Waals surface area contributed by atoms with Gasteiger partial charge in [0.2, 0.25) is 11.8 Å². The summed E-state index contributed by atoms with van der Waals surface area (Å²) in [5, 5.41) is 2.66. The van der Waals surface area contributed by atoms with Gasteiger partial charge < -0.3 is 10.2 Å². The number of rotatable bonds is 4. The van der Waals surface area contributed by atoms with E-state index in [9.17, 15) is 22.8 Å². The number of hydrogen-bond donors (Lipinski definition) is 1. The number of hydrogen-bond acceptors (Lipinski definition) is 2. The van der Waals surface area contributed by atoms with Crippen LogP contribution in [0.4, 0.5) is 24.5 Å².